The Kier molecular flexibility index (Phi) is 6.19. The molecule has 3 aromatic rings. The molecule has 0 bridgehead atoms. The first-order valence-corrected chi connectivity index (χ1v) is 11.8. The predicted molar refractivity (Wildman–Crippen MR) is 124 cm³/mol. The van der Waals surface area contributed by atoms with Crippen LogP contribution in [0.3, 0.4) is 0 Å². The molecular formula is C21H25N5O3S2. The van der Waals surface area contributed by atoms with Crippen molar-refractivity contribution in [1.82, 2.24) is 15.2 Å². The number of anilines is 2. The van der Waals surface area contributed by atoms with Gasteiger partial charge in [0.05, 0.1) is 22.1 Å². The summed E-state index contributed by atoms with van der Waals surface area (Å²) in [5, 5.41) is 20.7. The Bertz CT molecular complexity index is 1090. The zero-order chi connectivity index (χ0) is 22.0. The van der Waals surface area contributed by atoms with Crippen molar-refractivity contribution >= 4 is 56.8 Å². The number of carboxylic acid groups (broad SMARTS) is 1. The lowest BCUT2D eigenvalue weighted by molar-refractivity contribution is -0.138. The van der Waals surface area contributed by atoms with Crippen LogP contribution >= 0.6 is 23.1 Å². The van der Waals surface area contributed by atoms with Crippen LogP contribution < -0.4 is 10.2 Å². The Labute approximate surface area is 188 Å². The number of carbonyl (C=O) groups is 2. The van der Waals surface area contributed by atoms with Gasteiger partial charge in [0.25, 0.3) is 0 Å². The molecule has 10 heteroatoms. The number of urea groups is 1. The van der Waals surface area contributed by atoms with Gasteiger partial charge in [-0.1, -0.05) is 35.9 Å². The van der Waals surface area contributed by atoms with E-state index in [2.05, 4.69) is 20.5 Å². The highest BCUT2D eigenvalue weighted by Crippen LogP contribution is 2.38. The zero-order valence-electron chi connectivity index (χ0n) is 17.4. The Hall–Kier alpha value is -2.59. The third kappa shape index (κ3) is 5.01. The summed E-state index contributed by atoms with van der Waals surface area (Å²) in [4.78, 5) is 30.7. The molecule has 164 valence electrons. The highest BCUT2D eigenvalue weighted by atomic mass is 32.2. The number of hydrogen-bond acceptors (Lipinski definition) is 6. The quantitative estimate of drug-likeness (QED) is 0.419. The number of benzene rings is 1. The molecule has 4 rings (SSSR count). The summed E-state index contributed by atoms with van der Waals surface area (Å²) in [5.74, 6) is -0.421. The second-order valence-electron chi connectivity index (χ2n) is 8.23. The number of hydrogen-bond donors (Lipinski definition) is 3. The standard InChI is InChI=1S/C21H25N5O3S2/c1-21(2,18(27)28)31-17-11-22-19(30-17)24-20(29)26(12-13-5-3-4-6-13)15-8-7-14-10-23-25-16(14)9-15/h7-11,13H,3-6,12H2,1-2H3,(H,23,25)(H,27,28)(H,22,24,29). The SMILES string of the molecule is CC(C)(Sc1cnc(NC(=O)N(CC2CCCC2)c2ccc3cn[nH]c3c2)s1)C(=O)O. The number of H-pyrrole nitrogens is 1. The monoisotopic (exact) mass is 459 g/mol. The Morgan fingerprint density at radius 1 is 1.32 bits per heavy atom. The van der Waals surface area contributed by atoms with Crippen LogP contribution in [0.4, 0.5) is 15.6 Å². The number of thioether (sulfide) groups is 1. The summed E-state index contributed by atoms with van der Waals surface area (Å²) >= 11 is 2.49. The average molecular weight is 460 g/mol. The summed E-state index contributed by atoms with van der Waals surface area (Å²) in [7, 11) is 0. The average Bonchev–Trinajstić information content (AvgIpc) is 3.47. The lowest BCUT2D eigenvalue weighted by Crippen LogP contribution is -2.38. The number of thiazole rings is 1. The number of carbonyl (C=O) groups excluding carboxylic acids is 1. The van der Waals surface area contributed by atoms with Gasteiger partial charge in [-0.05, 0) is 50.8 Å². The van der Waals surface area contributed by atoms with E-state index in [9.17, 15) is 14.7 Å². The first-order chi connectivity index (χ1) is 14.8. The minimum Gasteiger partial charge on any atom is -0.480 e. The number of aromatic amines is 1. The fourth-order valence-electron chi connectivity index (χ4n) is 3.67. The van der Waals surface area contributed by atoms with Gasteiger partial charge in [0.1, 0.15) is 4.75 Å². The molecule has 2 aromatic heterocycles. The topological polar surface area (TPSA) is 111 Å². The van der Waals surface area contributed by atoms with Crippen LogP contribution in [0.25, 0.3) is 10.9 Å². The molecule has 0 saturated heterocycles. The molecule has 31 heavy (non-hydrogen) atoms. The molecule has 1 saturated carbocycles. The summed E-state index contributed by atoms with van der Waals surface area (Å²) in [6.45, 7) is 3.93. The molecule has 2 heterocycles. The second-order valence-corrected chi connectivity index (χ2v) is 11.2. The van der Waals surface area contributed by atoms with Gasteiger partial charge in [-0.3, -0.25) is 20.1 Å². The lowest BCUT2D eigenvalue weighted by Gasteiger charge is -2.25. The van der Waals surface area contributed by atoms with Crippen molar-refractivity contribution in [3.8, 4) is 0 Å². The number of rotatable bonds is 7. The third-order valence-electron chi connectivity index (χ3n) is 5.47. The van der Waals surface area contributed by atoms with Gasteiger partial charge in [-0.15, -0.1) is 0 Å². The minimum absolute atomic E-state index is 0.242. The van der Waals surface area contributed by atoms with Gasteiger partial charge in [-0.2, -0.15) is 5.10 Å². The number of amides is 2. The van der Waals surface area contributed by atoms with Crippen molar-refractivity contribution in [2.45, 2.75) is 48.5 Å². The fourth-order valence-corrected chi connectivity index (χ4v) is 5.93. The summed E-state index contributed by atoms with van der Waals surface area (Å²) < 4.78 is -0.231. The van der Waals surface area contributed by atoms with Gasteiger partial charge in [0.15, 0.2) is 5.13 Å². The molecular weight excluding hydrogens is 434 g/mol. The Balaban J connectivity index is 1.52. The minimum atomic E-state index is -0.970. The number of nitrogens with zero attached hydrogens (tertiary/aromatic N) is 3. The van der Waals surface area contributed by atoms with E-state index < -0.39 is 10.7 Å². The smallest absolute Gasteiger partial charge is 0.328 e. The molecule has 1 fully saturated rings. The van der Waals surface area contributed by atoms with Crippen LogP contribution in [-0.2, 0) is 4.79 Å². The molecule has 0 aliphatic heterocycles. The first-order valence-electron chi connectivity index (χ1n) is 10.2. The van der Waals surface area contributed by atoms with E-state index >= 15 is 0 Å². The van der Waals surface area contributed by atoms with Crippen LogP contribution in [0.15, 0.2) is 34.8 Å². The number of fused-ring (bicyclic) bond motifs is 1. The number of aliphatic carboxylic acids is 1. The molecule has 2 amide bonds. The normalized spacial score (nSPS) is 14.8. The number of nitrogens with one attached hydrogen (secondary N) is 2. The Morgan fingerprint density at radius 2 is 2.10 bits per heavy atom. The molecule has 0 spiro atoms. The van der Waals surface area contributed by atoms with Crippen molar-refractivity contribution in [2.75, 3.05) is 16.8 Å². The Morgan fingerprint density at radius 3 is 2.84 bits per heavy atom. The molecule has 1 aliphatic carbocycles. The van der Waals surface area contributed by atoms with Crippen LogP contribution in [-0.4, -0.2) is 43.6 Å². The van der Waals surface area contributed by atoms with Gasteiger partial charge in [0.2, 0.25) is 0 Å². The van der Waals surface area contributed by atoms with E-state index in [-0.39, 0.29) is 6.03 Å². The number of carboxylic acids is 1. The molecule has 1 aliphatic rings. The summed E-state index contributed by atoms with van der Waals surface area (Å²) in [6, 6.07) is 5.59. The maximum absolute atomic E-state index is 13.2. The van der Waals surface area contributed by atoms with Crippen molar-refractivity contribution < 1.29 is 14.7 Å². The van der Waals surface area contributed by atoms with Crippen molar-refractivity contribution in [1.29, 1.82) is 0 Å². The van der Waals surface area contributed by atoms with E-state index in [1.54, 1.807) is 31.1 Å². The maximum Gasteiger partial charge on any atom is 0.328 e. The molecule has 0 atom stereocenters. The highest BCUT2D eigenvalue weighted by molar-refractivity contribution is 8.03. The van der Waals surface area contributed by atoms with E-state index in [0.717, 1.165) is 33.6 Å². The van der Waals surface area contributed by atoms with Gasteiger partial charge in [0, 0.05) is 17.6 Å². The van der Waals surface area contributed by atoms with Crippen LogP contribution in [0, 0.1) is 5.92 Å². The first kappa shape index (κ1) is 21.6. The molecule has 8 nitrogen and oxygen atoms in total. The van der Waals surface area contributed by atoms with Gasteiger partial charge < -0.3 is 5.11 Å². The van der Waals surface area contributed by atoms with E-state index in [4.69, 9.17) is 0 Å². The van der Waals surface area contributed by atoms with Crippen molar-refractivity contribution in [3.05, 3.63) is 30.6 Å². The third-order valence-corrected chi connectivity index (χ3v) is 7.67. The van der Waals surface area contributed by atoms with Crippen molar-refractivity contribution in [3.63, 3.8) is 0 Å². The summed E-state index contributed by atoms with van der Waals surface area (Å²) in [5.41, 5.74) is 1.69. The molecule has 0 unspecified atom stereocenters. The van der Waals surface area contributed by atoms with Gasteiger partial charge >= 0.3 is 12.0 Å². The van der Waals surface area contributed by atoms with Gasteiger partial charge in [-0.25, -0.2) is 9.78 Å². The zero-order valence-corrected chi connectivity index (χ0v) is 19.1. The highest BCUT2D eigenvalue weighted by Gasteiger charge is 2.30. The van der Waals surface area contributed by atoms with E-state index in [0.29, 0.717) is 17.6 Å². The van der Waals surface area contributed by atoms with Crippen LogP contribution in [0.5, 0.6) is 0 Å². The number of aromatic nitrogens is 3. The molecule has 1 aromatic carbocycles. The van der Waals surface area contributed by atoms with Crippen molar-refractivity contribution in [2.24, 2.45) is 5.92 Å². The molecule has 0 radical (unpaired) electrons. The van der Waals surface area contributed by atoms with E-state index in [1.807, 2.05) is 18.2 Å². The fraction of sp³-hybridized carbons (Fsp3) is 0.429. The maximum atomic E-state index is 13.2. The largest absolute Gasteiger partial charge is 0.480 e. The predicted octanol–water partition coefficient (Wildman–Crippen LogP) is 5.20. The second kappa shape index (κ2) is 8.88. The summed E-state index contributed by atoms with van der Waals surface area (Å²) in [6.07, 6.45) is 8.01. The molecule has 3 N–H and O–H groups in total. The van der Waals surface area contributed by atoms with E-state index in [1.165, 1.54) is 35.9 Å². The van der Waals surface area contributed by atoms with Crippen LogP contribution in [0.2, 0.25) is 0 Å². The lowest BCUT2D eigenvalue weighted by atomic mass is 10.1. The van der Waals surface area contributed by atoms with Crippen LogP contribution in [0.1, 0.15) is 39.5 Å².